The summed E-state index contributed by atoms with van der Waals surface area (Å²) in [6.45, 7) is 13.4. The summed E-state index contributed by atoms with van der Waals surface area (Å²) in [6.07, 6.45) is 5.20. The lowest BCUT2D eigenvalue weighted by atomic mass is 9.83. The fraction of sp³-hybridized carbons (Fsp3) is 0.571. The van der Waals surface area contributed by atoms with Crippen LogP contribution in [0, 0.1) is 0 Å². The van der Waals surface area contributed by atoms with Gasteiger partial charge in [-0.25, -0.2) is 0 Å². The highest BCUT2D eigenvalue weighted by molar-refractivity contribution is 5.45. The van der Waals surface area contributed by atoms with Gasteiger partial charge in [0, 0.05) is 31.1 Å². The Morgan fingerprint density at radius 1 is 0.938 bits per heavy atom. The van der Waals surface area contributed by atoms with E-state index in [0.717, 1.165) is 44.2 Å². The van der Waals surface area contributed by atoms with E-state index in [-0.39, 0.29) is 5.54 Å². The van der Waals surface area contributed by atoms with Crippen molar-refractivity contribution in [2.24, 2.45) is 0 Å². The van der Waals surface area contributed by atoms with Gasteiger partial charge in [0.05, 0.1) is 13.7 Å². The quantitative estimate of drug-likeness (QED) is 0.520. The molecule has 174 valence electrons. The van der Waals surface area contributed by atoms with Crippen LogP contribution in [-0.2, 0) is 6.54 Å². The van der Waals surface area contributed by atoms with Gasteiger partial charge in [-0.3, -0.25) is 4.90 Å². The molecule has 1 unspecified atom stereocenters. The summed E-state index contributed by atoms with van der Waals surface area (Å²) in [5.74, 6) is 2.27. The number of fused-ring (bicyclic) bond motifs is 1. The molecule has 32 heavy (non-hydrogen) atoms. The number of rotatable bonds is 7. The van der Waals surface area contributed by atoms with E-state index in [4.69, 9.17) is 9.47 Å². The molecule has 1 atom stereocenters. The first-order chi connectivity index (χ1) is 15.4. The van der Waals surface area contributed by atoms with Gasteiger partial charge in [-0.2, -0.15) is 0 Å². The van der Waals surface area contributed by atoms with E-state index in [1.54, 1.807) is 7.11 Å². The topological polar surface area (TPSA) is 24.9 Å². The minimum absolute atomic E-state index is 0.119. The monoisotopic (exact) mass is 436 g/mol. The van der Waals surface area contributed by atoms with Gasteiger partial charge in [-0.15, -0.1) is 0 Å². The first kappa shape index (κ1) is 23.1. The molecule has 0 radical (unpaired) electrons. The summed E-state index contributed by atoms with van der Waals surface area (Å²) in [6, 6.07) is 15.3. The van der Waals surface area contributed by atoms with Gasteiger partial charge in [-0.1, -0.05) is 24.6 Å². The van der Waals surface area contributed by atoms with Crippen LogP contribution in [0.2, 0.25) is 0 Å². The molecule has 0 N–H and O–H groups in total. The molecule has 4 rings (SSSR count). The van der Waals surface area contributed by atoms with Crippen LogP contribution in [0.3, 0.4) is 0 Å². The lowest BCUT2D eigenvalue weighted by Gasteiger charge is -2.43. The van der Waals surface area contributed by atoms with E-state index < -0.39 is 0 Å². The second kappa shape index (κ2) is 10.3. The van der Waals surface area contributed by atoms with Gasteiger partial charge in [0.25, 0.3) is 0 Å². The van der Waals surface area contributed by atoms with Crippen molar-refractivity contribution in [3.63, 3.8) is 0 Å². The van der Waals surface area contributed by atoms with E-state index in [2.05, 4.69) is 73.0 Å². The molecule has 0 amide bonds. The Kier molecular flexibility index (Phi) is 7.42. The standard InChI is InChI=1S/C28H40N2O2/c1-28(2,3)30-20-23-19-25(32-18-8-17-29-15-6-5-7-16-29)13-14-26(23)27(21-30)22-9-11-24(31-4)12-10-22/h9-14,19,27H,5-8,15-18,20-21H2,1-4H3. The number of benzene rings is 2. The Labute approximate surface area is 194 Å². The molecule has 2 aromatic rings. The highest BCUT2D eigenvalue weighted by Crippen LogP contribution is 2.38. The third-order valence-corrected chi connectivity index (χ3v) is 7.06. The summed E-state index contributed by atoms with van der Waals surface area (Å²) in [5, 5.41) is 0. The Bertz CT molecular complexity index is 866. The zero-order valence-corrected chi connectivity index (χ0v) is 20.4. The molecule has 0 bridgehead atoms. The van der Waals surface area contributed by atoms with Crippen LogP contribution in [0.1, 0.15) is 69.1 Å². The number of nitrogens with zero attached hydrogens (tertiary/aromatic N) is 2. The lowest BCUT2D eigenvalue weighted by Crippen LogP contribution is -2.46. The third kappa shape index (κ3) is 5.65. The van der Waals surface area contributed by atoms with Crippen LogP contribution < -0.4 is 9.47 Å². The molecule has 0 aliphatic carbocycles. The number of ether oxygens (including phenoxy) is 2. The Morgan fingerprint density at radius 2 is 1.66 bits per heavy atom. The maximum atomic E-state index is 6.19. The first-order valence-electron chi connectivity index (χ1n) is 12.3. The zero-order chi connectivity index (χ0) is 22.6. The SMILES string of the molecule is COc1ccc(C2CN(C(C)(C)C)Cc3cc(OCCCN4CCCCC4)ccc32)cc1. The molecule has 2 aliphatic heterocycles. The molecular formula is C28H40N2O2. The van der Waals surface area contributed by atoms with Crippen molar-refractivity contribution >= 4 is 0 Å². The van der Waals surface area contributed by atoms with E-state index >= 15 is 0 Å². The summed E-state index contributed by atoms with van der Waals surface area (Å²) in [7, 11) is 1.72. The second-order valence-electron chi connectivity index (χ2n) is 10.3. The smallest absolute Gasteiger partial charge is 0.119 e. The molecule has 2 aromatic carbocycles. The van der Waals surface area contributed by atoms with E-state index in [0.29, 0.717) is 5.92 Å². The van der Waals surface area contributed by atoms with Crippen LogP contribution in [0.5, 0.6) is 11.5 Å². The van der Waals surface area contributed by atoms with E-state index in [1.165, 1.54) is 49.0 Å². The average molecular weight is 437 g/mol. The number of methoxy groups -OCH3 is 1. The normalized spacial score (nSPS) is 20.1. The van der Waals surface area contributed by atoms with Crippen molar-refractivity contribution in [2.45, 2.75) is 64.5 Å². The highest BCUT2D eigenvalue weighted by Gasteiger charge is 2.32. The fourth-order valence-electron chi connectivity index (χ4n) is 5.03. The highest BCUT2D eigenvalue weighted by atomic mass is 16.5. The predicted octanol–water partition coefficient (Wildman–Crippen LogP) is 5.70. The van der Waals surface area contributed by atoms with Gasteiger partial charge in [0.15, 0.2) is 0 Å². The van der Waals surface area contributed by atoms with Crippen molar-refractivity contribution in [3.05, 3.63) is 59.2 Å². The van der Waals surface area contributed by atoms with Crippen molar-refractivity contribution in [3.8, 4) is 11.5 Å². The molecule has 0 spiro atoms. The van der Waals surface area contributed by atoms with Gasteiger partial charge >= 0.3 is 0 Å². The van der Waals surface area contributed by atoms with Crippen LogP contribution >= 0.6 is 0 Å². The zero-order valence-electron chi connectivity index (χ0n) is 20.4. The summed E-state index contributed by atoms with van der Waals surface area (Å²) < 4.78 is 11.6. The van der Waals surface area contributed by atoms with Crippen LogP contribution in [0.4, 0.5) is 0 Å². The third-order valence-electron chi connectivity index (χ3n) is 7.06. The molecule has 0 aromatic heterocycles. The van der Waals surface area contributed by atoms with Gasteiger partial charge in [0.1, 0.15) is 11.5 Å². The molecule has 1 fully saturated rings. The maximum Gasteiger partial charge on any atom is 0.119 e. The first-order valence-corrected chi connectivity index (χ1v) is 12.3. The van der Waals surface area contributed by atoms with Crippen LogP contribution in [0.25, 0.3) is 0 Å². The molecule has 2 heterocycles. The van der Waals surface area contributed by atoms with E-state index in [9.17, 15) is 0 Å². The van der Waals surface area contributed by atoms with Gasteiger partial charge in [0.2, 0.25) is 0 Å². The molecule has 4 heteroatoms. The Morgan fingerprint density at radius 3 is 2.34 bits per heavy atom. The molecule has 4 nitrogen and oxygen atoms in total. The number of likely N-dealkylation sites (tertiary alicyclic amines) is 1. The van der Waals surface area contributed by atoms with Gasteiger partial charge in [-0.05, 0) is 94.1 Å². The average Bonchev–Trinajstić information content (AvgIpc) is 2.81. The number of piperidine rings is 1. The summed E-state index contributed by atoms with van der Waals surface area (Å²) in [4.78, 5) is 5.17. The number of hydrogen-bond acceptors (Lipinski definition) is 4. The fourth-order valence-corrected chi connectivity index (χ4v) is 5.03. The second-order valence-corrected chi connectivity index (χ2v) is 10.3. The molecule has 2 aliphatic rings. The lowest BCUT2D eigenvalue weighted by molar-refractivity contribution is 0.113. The van der Waals surface area contributed by atoms with Crippen molar-refractivity contribution in [2.75, 3.05) is 39.9 Å². The molecule has 1 saturated heterocycles. The van der Waals surface area contributed by atoms with E-state index in [1.807, 2.05) is 0 Å². The predicted molar refractivity (Wildman–Crippen MR) is 132 cm³/mol. The molecular weight excluding hydrogens is 396 g/mol. The summed E-state index contributed by atoms with van der Waals surface area (Å²) in [5.41, 5.74) is 4.28. The summed E-state index contributed by atoms with van der Waals surface area (Å²) >= 11 is 0. The largest absolute Gasteiger partial charge is 0.497 e. The van der Waals surface area contributed by atoms with Crippen LogP contribution in [0.15, 0.2) is 42.5 Å². The van der Waals surface area contributed by atoms with Crippen molar-refractivity contribution in [1.82, 2.24) is 9.80 Å². The number of hydrogen-bond donors (Lipinski definition) is 0. The molecule has 0 saturated carbocycles. The van der Waals surface area contributed by atoms with Crippen molar-refractivity contribution in [1.29, 1.82) is 0 Å². The maximum absolute atomic E-state index is 6.19. The minimum Gasteiger partial charge on any atom is -0.497 e. The Balaban J connectivity index is 1.47. The van der Waals surface area contributed by atoms with Crippen LogP contribution in [-0.4, -0.2) is 55.2 Å². The van der Waals surface area contributed by atoms with Crippen molar-refractivity contribution < 1.29 is 9.47 Å². The van der Waals surface area contributed by atoms with Gasteiger partial charge < -0.3 is 14.4 Å². The minimum atomic E-state index is 0.119. The Hall–Kier alpha value is -2.04.